The molecule has 0 radical (unpaired) electrons. The molecular formula is C7H13NO4. The average Bonchev–Trinajstić information content (AvgIpc) is 2.08. The monoisotopic (exact) mass is 175 g/mol. The smallest absolute Gasteiger partial charge is 0.325 e. The minimum Gasteiger partial charge on any atom is -0.468 e. The maximum atomic E-state index is 11.0. The first kappa shape index (κ1) is 9.44. The molecule has 0 aromatic heterocycles. The summed E-state index contributed by atoms with van der Waals surface area (Å²) >= 11 is 0. The van der Waals surface area contributed by atoms with Crippen molar-refractivity contribution < 1.29 is 19.7 Å². The second-order valence-electron chi connectivity index (χ2n) is 2.80. The normalized spacial score (nSPS) is 36.1. The van der Waals surface area contributed by atoms with Crippen LogP contribution in [-0.2, 0) is 9.53 Å². The first-order chi connectivity index (χ1) is 5.66. The van der Waals surface area contributed by atoms with Gasteiger partial charge in [-0.15, -0.1) is 0 Å². The lowest BCUT2D eigenvalue weighted by atomic mass is 9.99. The van der Waals surface area contributed by atoms with Gasteiger partial charge in [0, 0.05) is 0 Å². The highest BCUT2D eigenvalue weighted by Gasteiger charge is 2.35. The summed E-state index contributed by atoms with van der Waals surface area (Å²) in [5.74, 6) is -0.541. The number of hydrogen-bond donors (Lipinski definition) is 3. The molecule has 0 aromatic carbocycles. The van der Waals surface area contributed by atoms with E-state index < -0.39 is 24.2 Å². The van der Waals surface area contributed by atoms with Crippen LogP contribution in [-0.4, -0.2) is 48.1 Å². The molecule has 0 bridgehead atoms. The number of esters is 1. The molecule has 0 unspecified atom stereocenters. The highest BCUT2D eigenvalue weighted by atomic mass is 16.5. The van der Waals surface area contributed by atoms with Crippen molar-refractivity contribution in [2.45, 2.75) is 24.7 Å². The molecule has 3 atom stereocenters. The van der Waals surface area contributed by atoms with Crippen molar-refractivity contribution >= 4 is 5.97 Å². The van der Waals surface area contributed by atoms with E-state index >= 15 is 0 Å². The van der Waals surface area contributed by atoms with Crippen LogP contribution in [0.1, 0.15) is 6.42 Å². The van der Waals surface area contributed by atoms with Crippen molar-refractivity contribution in [1.29, 1.82) is 0 Å². The van der Waals surface area contributed by atoms with Gasteiger partial charge in [0.25, 0.3) is 0 Å². The fourth-order valence-electron chi connectivity index (χ4n) is 1.25. The molecule has 1 aliphatic rings. The van der Waals surface area contributed by atoms with Crippen molar-refractivity contribution in [2.75, 3.05) is 13.7 Å². The van der Waals surface area contributed by atoms with E-state index in [4.69, 9.17) is 0 Å². The Balaban J connectivity index is 2.57. The number of ether oxygens (including phenoxy) is 1. The third-order valence-electron chi connectivity index (χ3n) is 2.00. The van der Waals surface area contributed by atoms with Gasteiger partial charge in [0.1, 0.15) is 12.1 Å². The number of methoxy groups -OCH3 is 1. The Kier molecular flexibility index (Phi) is 3.02. The van der Waals surface area contributed by atoms with Gasteiger partial charge in [0.2, 0.25) is 0 Å². The van der Waals surface area contributed by atoms with Gasteiger partial charge in [-0.25, -0.2) is 0 Å². The first-order valence-electron chi connectivity index (χ1n) is 3.84. The molecular weight excluding hydrogens is 162 g/mol. The fourth-order valence-corrected chi connectivity index (χ4v) is 1.25. The van der Waals surface area contributed by atoms with Crippen LogP contribution in [0.2, 0.25) is 0 Å². The predicted octanol–water partition coefficient (Wildman–Crippen LogP) is -1.76. The van der Waals surface area contributed by atoms with Crippen LogP contribution in [0.15, 0.2) is 0 Å². The first-order valence-corrected chi connectivity index (χ1v) is 3.84. The molecule has 3 N–H and O–H groups in total. The van der Waals surface area contributed by atoms with Crippen LogP contribution in [0.4, 0.5) is 0 Å². The van der Waals surface area contributed by atoms with E-state index in [1.54, 1.807) is 0 Å². The van der Waals surface area contributed by atoms with Crippen LogP contribution >= 0.6 is 0 Å². The Morgan fingerprint density at radius 1 is 1.58 bits per heavy atom. The molecule has 1 saturated heterocycles. The second kappa shape index (κ2) is 3.84. The summed E-state index contributed by atoms with van der Waals surface area (Å²) in [5.41, 5.74) is 0. The van der Waals surface area contributed by atoms with Gasteiger partial charge in [0.05, 0.1) is 13.2 Å². The number of carbonyl (C=O) groups is 1. The summed E-state index contributed by atoms with van der Waals surface area (Å²) in [5, 5.41) is 21.3. The summed E-state index contributed by atoms with van der Waals surface area (Å²) in [6.07, 6.45) is -1.45. The quantitative estimate of drug-likeness (QED) is 0.412. The van der Waals surface area contributed by atoms with Crippen LogP contribution in [0.25, 0.3) is 0 Å². The Hall–Kier alpha value is -0.650. The summed E-state index contributed by atoms with van der Waals surface area (Å²) in [4.78, 5) is 11.0. The Bertz CT molecular complexity index is 173. The molecule has 0 aromatic rings. The van der Waals surface area contributed by atoms with Crippen LogP contribution in [0.5, 0.6) is 0 Å². The van der Waals surface area contributed by atoms with E-state index in [1.165, 1.54) is 7.11 Å². The zero-order chi connectivity index (χ0) is 9.14. The molecule has 1 aliphatic heterocycles. The average molecular weight is 175 g/mol. The third kappa shape index (κ3) is 1.74. The van der Waals surface area contributed by atoms with Gasteiger partial charge in [-0.3, -0.25) is 4.79 Å². The minimum absolute atomic E-state index is 0.453. The van der Waals surface area contributed by atoms with Gasteiger partial charge < -0.3 is 20.3 Å². The zero-order valence-electron chi connectivity index (χ0n) is 6.86. The summed E-state index contributed by atoms with van der Waals surface area (Å²) < 4.78 is 4.44. The second-order valence-corrected chi connectivity index (χ2v) is 2.80. The van der Waals surface area contributed by atoms with Crippen LogP contribution in [0.3, 0.4) is 0 Å². The lowest BCUT2D eigenvalue weighted by Crippen LogP contribution is -2.56. The van der Waals surface area contributed by atoms with Crippen LogP contribution in [0, 0.1) is 0 Å². The summed E-state index contributed by atoms with van der Waals surface area (Å²) in [6, 6.07) is -0.793. The number of aliphatic hydroxyl groups is 2. The fraction of sp³-hybridized carbons (Fsp3) is 0.857. The number of rotatable bonds is 1. The van der Waals surface area contributed by atoms with Crippen molar-refractivity contribution in [1.82, 2.24) is 5.32 Å². The van der Waals surface area contributed by atoms with Gasteiger partial charge in [-0.2, -0.15) is 0 Å². The van der Waals surface area contributed by atoms with Gasteiger partial charge in [-0.1, -0.05) is 0 Å². The molecule has 1 rings (SSSR count). The van der Waals surface area contributed by atoms with Crippen molar-refractivity contribution in [3.8, 4) is 0 Å². The topological polar surface area (TPSA) is 78.8 Å². The molecule has 5 nitrogen and oxygen atoms in total. The third-order valence-corrected chi connectivity index (χ3v) is 2.00. The maximum absolute atomic E-state index is 11.0. The van der Waals surface area contributed by atoms with Gasteiger partial charge in [-0.05, 0) is 13.0 Å². The van der Waals surface area contributed by atoms with E-state index in [0.29, 0.717) is 13.0 Å². The van der Waals surface area contributed by atoms with Crippen molar-refractivity contribution in [2.24, 2.45) is 0 Å². The Labute approximate surface area is 70.3 Å². The van der Waals surface area contributed by atoms with Crippen LogP contribution < -0.4 is 5.32 Å². The Morgan fingerprint density at radius 3 is 2.83 bits per heavy atom. The van der Waals surface area contributed by atoms with E-state index in [2.05, 4.69) is 10.1 Å². The number of carbonyl (C=O) groups excluding carboxylic acids is 1. The van der Waals surface area contributed by atoms with Crippen molar-refractivity contribution in [3.05, 3.63) is 0 Å². The largest absolute Gasteiger partial charge is 0.468 e. The lowest BCUT2D eigenvalue weighted by Gasteiger charge is -2.30. The van der Waals surface area contributed by atoms with E-state index in [1.807, 2.05) is 0 Å². The van der Waals surface area contributed by atoms with E-state index in [-0.39, 0.29) is 0 Å². The highest BCUT2D eigenvalue weighted by molar-refractivity contribution is 5.76. The highest BCUT2D eigenvalue weighted by Crippen LogP contribution is 2.10. The van der Waals surface area contributed by atoms with E-state index in [9.17, 15) is 15.0 Å². The molecule has 5 heteroatoms. The number of piperidine rings is 1. The Morgan fingerprint density at radius 2 is 2.25 bits per heavy atom. The molecule has 0 spiro atoms. The number of nitrogens with one attached hydrogen (secondary N) is 1. The van der Waals surface area contributed by atoms with Gasteiger partial charge >= 0.3 is 5.97 Å². The van der Waals surface area contributed by atoms with Crippen molar-refractivity contribution in [3.63, 3.8) is 0 Å². The molecule has 1 heterocycles. The summed E-state index contributed by atoms with van der Waals surface area (Å²) in [7, 11) is 1.25. The standard InChI is InChI=1S/C7H13NO4/c1-12-7(11)5-6(10)4(9)2-3-8-5/h4-6,8-10H,2-3H2,1H3/t4-,5+,6-/m0/s1. The SMILES string of the molecule is COC(=O)[C@@H]1NCC[C@H](O)[C@@H]1O. The minimum atomic E-state index is -1.06. The maximum Gasteiger partial charge on any atom is 0.325 e. The molecule has 0 aliphatic carbocycles. The summed E-state index contributed by atoms with van der Waals surface area (Å²) in [6.45, 7) is 0.512. The molecule has 1 fully saturated rings. The van der Waals surface area contributed by atoms with E-state index in [0.717, 1.165) is 0 Å². The van der Waals surface area contributed by atoms with Gasteiger partial charge in [0.15, 0.2) is 0 Å². The molecule has 12 heavy (non-hydrogen) atoms. The number of aliphatic hydroxyl groups excluding tert-OH is 2. The lowest BCUT2D eigenvalue weighted by molar-refractivity contribution is -0.150. The molecule has 0 saturated carbocycles. The zero-order valence-corrected chi connectivity index (χ0v) is 6.86. The number of hydrogen-bond acceptors (Lipinski definition) is 5. The molecule has 70 valence electrons. The molecule has 0 amide bonds. The predicted molar refractivity (Wildman–Crippen MR) is 40.4 cm³/mol.